The smallest absolute Gasteiger partial charge is 0.164 e. The molecule has 0 amide bonds. The lowest BCUT2D eigenvalue weighted by molar-refractivity contribution is 0.587. The first-order valence-electron chi connectivity index (χ1n) is 5.27. The van der Waals surface area contributed by atoms with Gasteiger partial charge in [0.1, 0.15) is 5.82 Å². The highest BCUT2D eigenvalue weighted by Gasteiger charge is 2.12. The largest absolute Gasteiger partial charge is 0.309 e. The van der Waals surface area contributed by atoms with E-state index in [0.717, 1.165) is 22.2 Å². The predicted octanol–water partition coefficient (Wildman–Crippen LogP) is 3.49. The first kappa shape index (κ1) is 11.1. The van der Waals surface area contributed by atoms with Gasteiger partial charge in [0.25, 0.3) is 0 Å². The average molecular weight is 236 g/mol. The molecule has 0 unspecified atom stereocenters. The molecule has 0 atom stereocenters. The zero-order valence-corrected chi connectivity index (χ0v) is 10.4. The second-order valence-electron chi connectivity index (χ2n) is 4.04. The number of halogens is 1. The average Bonchev–Trinajstić information content (AvgIpc) is 2.61. The van der Waals surface area contributed by atoms with E-state index in [0.29, 0.717) is 6.04 Å². The minimum atomic E-state index is 0.348. The molecule has 0 bridgehead atoms. The zero-order chi connectivity index (χ0) is 11.7. The molecule has 0 aliphatic heterocycles. The first-order valence-corrected chi connectivity index (χ1v) is 5.65. The van der Waals surface area contributed by atoms with Crippen molar-refractivity contribution in [1.82, 2.24) is 14.8 Å². The summed E-state index contributed by atoms with van der Waals surface area (Å²) in [5.74, 6) is 1.82. The third-order valence-electron chi connectivity index (χ3n) is 2.49. The molecule has 2 rings (SSSR count). The molecule has 1 aromatic carbocycles. The van der Waals surface area contributed by atoms with E-state index in [4.69, 9.17) is 11.6 Å². The summed E-state index contributed by atoms with van der Waals surface area (Å²) < 4.78 is 2.11. The monoisotopic (exact) mass is 235 g/mol. The van der Waals surface area contributed by atoms with Gasteiger partial charge >= 0.3 is 0 Å². The number of aryl methyl sites for hydroxylation is 1. The quantitative estimate of drug-likeness (QED) is 0.798. The molecule has 3 nitrogen and oxygen atoms in total. The number of aromatic nitrogens is 3. The second kappa shape index (κ2) is 4.26. The molecule has 0 fully saturated rings. The minimum Gasteiger partial charge on any atom is -0.309 e. The van der Waals surface area contributed by atoms with Crippen LogP contribution < -0.4 is 0 Å². The summed E-state index contributed by atoms with van der Waals surface area (Å²) in [6.45, 7) is 6.21. The van der Waals surface area contributed by atoms with E-state index < -0.39 is 0 Å². The fourth-order valence-electron chi connectivity index (χ4n) is 1.78. The van der Waals surface area contributed by atoms with E-state index >= 15 is 0 Å². The van der Waals surface area contributed by atoms with Gasteiger partial charge < -0.3 is 4.57 Å². The van der Waals surface area contributed by atoms with Crippen LogP contribution in [0.2, 0.25) is 5.02 Å². The third kappa shape index (κ3) is 1.95. The van der Waals surface area contributed by atoms with Crippen molar-refractivity contribution in [1.29, 1.82) is 0 Å². The van der Waals surface area contributed by atoms with Gasteiger partial charge in [0.05, 0.1) is 0 Å². The van der Waals surface area contributed by atoms with Gasteiger partial charge in [0, 0.05) is 16.6 Å². The fraction of sp³-hybridized carbons (Fsp3) is 0.333. The van der Waals surface area contributed by atoms with Crippen molar-refractivity contribution in [2.75, 3.05) is 0 Å². The molecule has 0 aliphatic rings. The van der Waals surface area contributed by atoms with Gasteiger partial charge in [-0.3, -0.25) is 0 Å². The highest BCUT2D eigenvalue weighted by Crippen LogP contribution is 2.23. The molecule has 16 heavy (non-hydrogen) atoms. The van der Waals surface area contributed by atoms with Crippen molar-refractivity contribution >= 4 is 11.6 Å². The summed E-state index contributed by atoms with van der Waals surface area (Å²) in [5, 5.41) is 9.06. The van der Waals surface area contributed by atoms with Gasteiger partial charge in [0.15, 0.2) is 5.82 Å². The third-order valence-corrected chi connectivity index (χ3v) is 2.74. The van der Waals surface area contributed by atoms with Crippen LogP contribution in [-0.4, -0.2) is 14.8 Å². The van der Waals surface area contributed by atoms with Gasteiger partial charge in [-0.15, -0.1) is 10.2 Å². The van der Waals surface area contributed by atoms with Crippen LogP contribution in [0.5, 0.6) is 0 Å². The maximum atomic E-state index is 5.86. The Bertz CT molecular complexity index is 485. The number of hydrogen-bond acceptors (Lipinski definition) is 2. The van der Waals surface area contributed by atoms with Crippen LogP contribution in [0.1, 0.15) is 25.7 Å². The number of rotatable bonds is 2. The first-order chi connectivity index (χ1) is 7.59. The van der Waals surface area contributed by atoms with E-state index in [9.17, 15) is 0 Å². The van der Waals surface area contributed by atoms with Gasteiger partial charge in [-0.05, 0) is 45.0 Å². The topological polar surface area (TPSA) is 30.7 Å². The molecule has 1 aromatic heterocycles. The summed E-state index contributed by atoms with van der Waals surface area (Å²) in [4.78, 5) is 0. The van der Waals surface area contributed by atoms with Gasteiger partial charge in [-0.2, -0.15) is 0 Å². The Balaban J connectivity index is 2.52. The summed E-state index contributed by atoms with van der Waals surface area (Å²) in [6.07, 6.45) is 0. The summed E-state index contributed by atoms with van der Waals surface area (Å²) in [5.41, 5.74) is 1.04. The Morgan fingerprint density at radius 3 is 2.31 bits per heavy atom. The maximum Gasteiger partial charge on any atom is 0.164 e. The lowest BCUT2D eigenvalue weighted by atomic mass is 10.2. The molecular formula is C12H14ClN3. The molecule has 84 valence electrons. The number of hydrogen-bond donors (Lipinski definition) is 0. The summed E-state index contributed by atoms with van der Waals surface area (Å²) >= 11 is 5.86. The van der Waals surface area contributed by atoms with E-state index in [2.05, 4.69) is 28.6 Å². The van der Waals surface area contributed by atoms with E-state index in [-0.39, 0.29) is 0 Å². The molecule has 1 heterocycles. The lowest BCUT2D eigenvalue weighted by Crippen LogP contribution is -2.05. The predicted molar refractivity (Wildman–Crippen MR) is 65.6 cm³/mol. The Morgan fingerprint density at radius 2 is 1.75 bits per heavy atom. The van der Waals surface area contributed by atoms with E-state index in [1.54, 1.807) is 0 Å². The van der Waals surface area contributed by atoms with Crippen molar-refractivity contribution in [2.45, 2.75) is 26.8 Å². The van der Waals surface area contributed by atoms with Crippen LogP contribution in [0, 0.1) is 6.92 Å². The van der Waals surface area contributed by atoms with Crippen molar-refractivity contribution in [2.24, 2.45) is 0 Å². The Labute approximate surface area is 100 Å². The molecule has 4 heteroatoms. The van der Waals surface area contributed by atoms with Crippen molar-refractivity contribution in [3.05, 3.63) is 35.1 Å². The molecular weight excluding hydrogens is 222 g/mol. The SMILES string of the molecule is Cc1nnc(-c2ccc(Cl)cc2)n1C(C)C. The normalized spacial score (nSPS) is 11.1. The highest BCUT2D eigenvalue weighted by atomic mass is 35.5. The van der Waals surface area contributed by atoms with Crippen LogP contribution >= 0.6 is 11.6 Å². The molecule has 0 saturated carbocycles. The van der Waals surface area contributed by atoms with Crippen molar-refractivity contribution in [3.63, 3.8) is 0 Å². The maximum absolute atomic E-state index is 5.86. The van der Waals surface area contributed by atoms with Gasteiger partial charge in [-0.25, -0.2) is 0 Å². The summed E-state index contributed by atoms with van der Waals surface area (Å²) in [7, 11) is 0. The van der Waals surface area contributed by atoms with Crippen LogP contribution in [0.15, 0.2) is 24.3 Å². The van der Waals surface area contributed by atoms with E-state index in [1.165, 1.54) is 0 Å². The lowest BCUT2D eigenvalue weighted by Gasteiger charge is -2.12. The Kier molecular flexibility index (Phi) is 2.97. The number of benzene rings is 1. The molecule has 0 aliphatic carbocycles. The second-order valence-corrected chi connectivity index (χ2v) is 4.48. The Morgan fingerprint density at radius 1 is 1.12 bits per heavy atom. The number of nitrogens with zero attached hydrogens (tertiary/aromatic N) is 3. The fourth-order valence-corrected chi connectivity index (χ4v) is 1.91. The van der Waals surface area contributed by atoms with Crippen LogP contribution in [-0.2, 0) is 0 Å². The van der Waals surface area contributed by atoms with Crippen molar-refractivity contribution in [3.8, 4) is 11.4 Å². The van der Waals surface area contributed by atoms with E-state index in [1.807, 2.05) is 31.2 Å². The highest BCUT2D eigenvalue weighted by molar-refractivity contribution is 6.30. The van der Waals surface area contributed by atoms with Crippen LogP contribution in [0.25, 0.3) is 11.4 Å². The van der Waals surface area contributed by atoms with Gasteiger partial charge in [0.2, 0.25) is 0 Å². The Hall–Kier alpha value is -1.35. The molecule has 0 N–H and O–H groups in total. The zero-order valence-electron chi connectivity index (χ0n) is 9.61. The van der Waals surface area contributed by atoms with Crippen LogP contribution in [0.4, 0.5) is 0 Å². The van der Waals surface area contributed by atoms with Crippen LogP contribution in [0.3, 0.4) is 0 Å². The minimum absolute atomic E-state index is 0.348. The molecule has 0 spiro atoms. The molecule has 2 aromatic rings. The van der Waals surface area contributed by atoms with Gasteiger partial charge in [-0.1, -0.05) is 11.6 Å². The van der Waals surface area contributed by atoms with Crippen molar-refractivity contribution < 1.29 is 0 Å². The molecule has 0 radical (unpaired) electrons. The summed E-state index contributed by atoms with van der Waals surface area (Å²) in [6, 6.07) is 8.01. The molecule has 0 saturated heterocycles. The standard InChI is InChI=1S/C12H14ClN3/c1-8(2)16-9(3)14-15-12(16)10-4-6-11(13)7-5-10/h4-8H,1-3H3.